The largest absolute Gasteiger partial charge is 0.388 e. The summed E-state index contributed by atoms with van der Waals surface area (Å²) in [5.41, 5.74) is 1.62. The number of hydrogen-bond donors (Lipinski definition) is 1. The van der Waals surface area contributed by atoms with Crippen molar-refractivity contribution in [1.29, 1.82) is 0 Å². The lowest BCUT2D eigenvalue weighted by atomic mass is 9.78. The van der Waals surface area contributed by atoms with Crippen molar-refractivity contribution in [3.63, 3.8) is 0 Å². The summed E-state index contributed by atoms with van der Waals surface area (Å²) in [6, 6.07) is 4.86. The molecule has 1 aliphatic carbocycles. The van der Waals surface area contributed by atoms with E-state index in [1.54, 1.807) is 0 Å². The third-order valence-electron chi connectivity index (χ3n) is 3.83. The zero-order valence-corrected chi connectivity index (χ0v) is 10.6. The molecular weight excluding hydrogens is 215 g/mol. The van der Waals surface area contributed by atoms with Gasteiger partial charge in [-0.25, -0.2) is 4.39 Å². The monoisotopic (exact) mass is 236 g/mol. The molecule has 94 valence electrons. The highest BCUT2D eigenvalue weighted by atomic mass is 19.1. The molecule has 0 amide bonds. The van der Waals surface area contributed by atoms with Gasteiger partial charge in [-0.05, 0) is 54.9 Å². The first-order chi connectivity index (χ1) is 8.06. The van der Waals surface area contributed by atoms with Crippen LogP contribution in [-0.4, -0.2) is 5.11 Å². The highest BCUT2D eigenvalue weighted by molar-refractivity contribution is 5.25. The molecule has 1 aromatic carbocycles. The summed E-state index contributed by atoms with van der Waals surface area (Å²) in [6.07, 6.45) is 4.03. The topological polar surface area (TPSA) is 20.2 Å². The van der Waals surface area contributed by atoms with E-state index in [1.807, 2.05) is 13.0 Å². The normalized spacial score (nSPS) is 26.8. The first kappa shape index (κ1) is 12.6. The average molecular weight is 236 g/mol. The van der Waals surface area contributed by atoms with E-state index in [1.165, 1.54) is 25.0 Å². The third-order valence-corrected chi connectivity index (χ3v) is 3.83. The smallest absolute Gasteiger partial charge is 0.123 e. The number of aliphatic hydroxyl groups excluding tert-OH is 1. The van der Waals surface area contributed by atoms with Crippen molar-refractivity contribution in [2.24, 2.45) is 11.8 Å². The summed E-state index contributed by atoms with van der Waals surface area (Å²) >= 11 is 0. The van der Waals surface area contributed by atoms with E-state index in [4.69, 9.17) is 0 Å². The van der Waals surface area contributed by atoms with E-state index in [0.717, 1.165) is 24.0 Å². The van der Waals surface area contributed by atoms with Crippen molar-refractivity contribution in [1.82, 2.24) is 0 Å². The van der Waals surface area contributed by atoms with Gasteiger partial charge in [-0.2, -0.15) is 0 Å². The standard InChI is InChI=1S/C15H21FO/c1-10-4-3-5-12(6-10)15(17)13-7-11(2)8-14(16)9-13/h7-10,12,15,17H,3-6H2,1-2H3. The first-order valence-electron chi connectivity index (χ1n) is 6.51. The molecule has 1 aliphatic rings. The Bertz CT molecular complexity index is 368. The van der Waals surface area contributed by atoms with E-state index in [2.05, 4.69) is 6.92 Å². The molecule has 1 fully saturated rings. The minimum Gasteiger partial charge on any atom is -0.388 e. The minimum atomic E-state index is -0.507. The predicted molar refractivity (Wildman–Crippen MR) is 67.2 cm³/mol. The number of halogens is 1. The van der Waals surface area contributed by atoms with E-state index in [9.17, 15) is 9.50 Å². The number of rotatable bonds is 2. The molecule has 1 aromatic rings. The van der Waals surface area contributed by atoms with Crippen LogP contribution >= 0.6 is 0 Å². The third kappa shape index (κ3) is 3.06. The van der Waals surface area contributed by atoms with Crippen LogP contribution in [0.1, 0.15) is 49.8 Å². The molecule has 1 N–H and O–H groups in total. The molecule has 3 atom stereocenters. The Morgan fingerprint density at radius 2 is 2.06 bits per heavy atom. The Kier molecular flexibility index (Phi) is 3.82. The Morgan fingerprint density at radius 3 is 2.71 bits per heavy atom. The number of benzene rings is 1. The second-order valence-electron chi connectivity index (χ2n) is 5.54. The van der Waals surface area contributed by atoms with Gasteiger partial charge in [0.25, 0.3) is 0 Å². The van der Waals surface area contributed by atoms with Gasteiger partial charge in [0.2, 0.25) is 0 Å². The summed E-state index contributed by atoms with van der Waals surface area (Å²) in [6.45, 7) is 4.10. The van der Waals surface area contributed by atoms with Crippen LogP contribution < -0.4 is 0 Å². The lowest BCUT2D eigenvalue weighted by molar-refractivity contribution is 0.0711. The minimum absolute atomic E-state index is 0.247. The van der Waals surface area contributed by atoms with Crippen LogP contribution in [0.2, 0.25) is 0 Å². The van der Waals surface area contributed by atoms with E-state index >= 15 is 0 Å². The van der Waals surface area contributed by atoms with Crippen LogP contribution in [0.25, 0.3) is 0 Å². The maximum absolute atomic E-state index is 13.3. The molecule has 2 rings (SSSR count). The quantitative estimate of drug-likeness (QED) is 0.823. The van der Waals surface area contributed by atoms with Gasteiger partial charge in [0.05, 0.1) is 6.10 Å². The van der Waals surface area contributed by atoms with E-state index < -0.39 is 6.10 Å². The highest BCUT2D eigenvalue weighted by Crippen LogP contribution is 2.37. The predicted octanol–water partition coefficient (Wildman–Crippen LogP) is 3.99. The molecule has 0 aromatic heterocycles. The lowest BCUT2D eigenvalue weighted by Crippen LogP contribution is -2.20. The van der Waals surface area contributed by atoms with Gasteiger partial charge in [-0.15, -0.1) is 0 Å². The molecule has 1 nitrogen and oxygen atoms in total. The van der Waals surface area contributed by atoms with Crippen LogP contribution in [0.15, 0.2) is 18.2 Å². The first-order valence-corrected chi connectivity index (χ1v) is 6.51. The van der Waals surface area contributed by atoms with Gasteiger partial charge >= 0.3 is 0 Å². The molecular formula is C15H21FO. The van der Waals surface area contributed by atoms with Crippen molar-refractivity contribution >= 4 is 0 Å². The highest BCUT2D eigenvalue weighted by Gasteiger charge is 2.26. The number of hydrogen-bond acceptors (Lipinski definition) is 1. The summed E-state index contributed by atoms with van der Waals surface area (Å²) in [5.74, 6) is 0.723. The van der Waals surface area contributed by atoms with Crippen molar-refractivity contribution in [3.8, 4) is 0 Å². The maximum Gasteiger partial charge on any atom is 0.123 e. The van der Waals surface area contributed by atoms with Crippen LogP contribution in [0.3, 0.4) is 0 Å². The van der Waals surface area contributed by atoms with Crippen LogP contribution in [0.4, 0.5) is 4.39 Å². The summed E-state index contributed by atoms with van der Waals surface area (Å²) < 4.78 is 13.3. The number of aliphatic hydroxyl groups is 1. The molecule has 3 unspecified atom stereocenters. The molecule has 0 spiro atoms. The van der Waals surface area contributed by atoms with Crippen molar-refractivity contribution < 1.29 is 9.50 Å². The van der Waals surface area contributed by atoms with Gasteiger partial charge in [-0.3, -0.25) is 0 Å². The summed E-state index contributed by atoms with van der Waals surface area (Å²) in [5, 5.41) is 10.3. The fraction of sp³-hybridized carbons (Fsp3) is 0.600. The molecule has 17 heavy (non-hydrogen) atoms. The van der Waals surface area contributed by atoms with Crippen LogP contribution in [0, 0.1) is 24.6 Å². The molecule has 1 saturated carbocycles. The molecule has 0 aliphatic heterocycles. The Morgan fingerprint density at radius 1 is 1.29 bits per heavy atom. The lowest BCUT2D eigenvalue weighted by Gasteiger charge is -2.30. The maximum atomic E-state index is 13.3. The molecule has 0 saturated heterocycles. The van der Waals surface area contributed by atoms with E-state index in [-0.39, 0.29) is 5.82 Å². The fourth-order valence-corrected chi connectivity index (χ4v) is 2.98. The molecule has 0 heterocycles. The number of aryl methyl sites for hydroxylation is 1. The second-order valence-corrected chi connectivity index (χ2v) is 5.54. The van der Waals surface area contributed by atoms with Gasteiger partial charge < -0.3 is 5.11 Å². The Hall–Kier alpha value is -0.890. The van der Waals surface area contributed by atoms with Gasteiger partial charge in [0.1, 0.15) is 5.82 Å². The Balaban J connectivity index is 2.15. The van der Waals surface area contributed by atoms with Crippen LogP contribution in [-0.2, 0) is 0 Å². The zero-order valence-electron chi connectivity index (χ0n) is 10.6. The van der Waals surface area contributed by atoms with Crippen molar-refractivity contribution in [2.45, 2.75) is 45.6 Å². The van der Waals surface area contributed by atoms with Gasteiger partial charge in [-0.1, -0.05) is 25.8 Å². The summed E-state index contributed by atoms with van der Waals surface area (Å²) in [7, 11) is 0. The molecule has 2 heteroatoms. The van der Waals surface area contributed by atoms with Crippen LogP contribution in [0.5, 0.6) is 0 Å². The SMILES string of the molecule is Cc1cc(F)cc(C(O)C2CCCC(C)C2)c1. The van der Waals surface area contributed by atoms with Crippen molar-refractivity contribution in [3.05, 3.63) is 35.1 Å². The second kappa shape index (κ2) is 5.18. The van der Waals surface area contributed by atoms with Crippen molar-refractivity contribution in [2.75, 3.05) is 0 Å². The summed E-state index contributed by atoms with van der Waals surface area (Å²) in [4.78, 5) is 0. The molecule has 0 bridgehead atoms. The van der Waals surface area contributed by atoms with E-state index in [0.29, 0.717) is 11.8 Å². The fourth-order valence-electron chi connectivity index (χ4n) is 2.98. The average Bonchev–Trinajstić information content (AvgIpc) is 2.26. The van der Waals surface area contributed by atoms with Gasteiger partial charge in [0, 0.05) is 0 Å². The van der Waals surface area contributed by atoms with Gasteiger partial charge in [0.15, 0.2) is 0 Å². The zero-order chi connectivity index (χ0) is 12.4. The Labute approximate surface area is 103 Å². The molecule has 0 radical (unpaired) electrons.